The minimum atomic E-state index is -4.67. The van der Waals surface area contributed by atoms with Gasteiger partial charge < -0.3 is 4.57 Å². The SMILES string of the molecule is O=C(Cn1cc(C(F)(F)F)ccc1=O)NNC(=O)c1c(Cl)cccc1Cl. The first-order valence-corrected chi connectivity index (χ1v) is 7.66. The van der Waals surface area contributed by atoms with Gasteiger partial charge in [0.2, 0.25) is 0 Å². The minimum Gasteiger partial charge on any atom is -0.305 e. The van der Waals surface area contributed by atoms with Crippen LogP contribution in [0.3, 0.4) is 0 Å². The molecule has 2 amide bonds. The molecule has 138 valence electrons. The van der Waals surface area contributed by atoms with E-state index in [4.69, 9.17) is 23.2 Å². The minimum absolute atomic E-state index is 0.0401. The number of carbonyl (C=O) groups is 2. The highest BCUT2D eigenvalue weighted by Gasteiger charge is 2.31. The molecule has 2 N–H and O–H groups in total. The van der Waals surface area contributed by atoms with E-state index in [0.29, 0.717) is 22.9 Å². The fourth-order valence-electron chi connectivity index (χ4n) is 1.92. The number of carbonyl (C=O) groups excluding carboxylic acids is 2. The Labute approximate surface area is 154 Å². The fraction of sp³-hybridized carbons (Fsp3) is 0.133. The molecular weight excluding hydrogens is 398 g/mol. The number of pyridine rings is 1. The van der Waals surface area contributed by atoms with Crippen LogP contribution in [0.1, 0.15) is 15.9 Å². The molecule has 2 aromatic rings. The van der Waals surface area contributed by atoms with E-state index in [-0.39, 0.29) is 15.6 Å². The van der Waals surface area contributed by atoms with Crippen molar-refractivity contribution in [1.29, 1.82) is 0 Å². The van der Waals surface area contributed by atoms with Gasteiger partial charge in [-0.05, 0) is 18.2 Å². The van der Waals surface area contributed by atoms with Crippen LogP contribution in [0.2, 0.25) is 10.0 Å². The number of aromatic nitrogens is 1. The number of hydrogen-bond acceptors (Lipinski definition) is 3. The summed E-state index contributed by atoms with van der Waals surface area (Å²) in [5.41, 5.74) is 2.00. The zero-order valence-electron chi connectivity index (χ0n) is 12.7. The van der Waals surface area contributed by atoms with E-state index in [0.717, 1.165) is 0 Å². The summed E-state index contributed by atoms with van der Waals surface area (Å²) in [6, 6.07) is 5.63. The van der Waals surface area contributed by atoms with Gasteiger partial charge in [-0.15, -0.1) is 0 Å². The van der Waals surface area contributed by atoms with Gasteiger partial charge in [0.1, 0.15) is 6.54 Å². The third-order valence-corrected chi connectivity index (χ3v) is 3.76. The molecule has 0 unspecified atom stereocenters. The number of hydrogen-bond donors (Lipinski definition) is 2. The van der Waals surface area contributed by atoms with E-state index in [1.165, 1.54) is 18.2 Å². The van der Waals surface area contributed by atoms with Gasteiger partial charge in [-0.3, -0.25) is 25.2 Å². The van der Waals surface area contributed by atoms with Crippen molar-refractivity contribution < 1.29 is 22.8 Å². The van der Waals surface area contributed by atoms with Crippen LogP contribution in [-0.2, 0) is 17.5 Å². The van der Waals surface area contributed by atoms with E-state index in [2.05, 4.69) is 0 Å². The van der Waals surface area contributed by atoms with Crippen LogP contribution in [0.25, 0.3) is 0 Å². The molecule has 1 aromatic carbocycles. The molecule has 0 aliphatic heterocycles. The van der Waals surface area contributed by atoms with Gasteiger partial charge in [-0.1, -0.05) is 29.3 Å². The van der Waals surface area contributed by atoms with E-state index < -0.39 is 35.7 Å². The van der Waals surface area contributed by atoms with Gasteiger partial charge in [0.25, 0.3) is 17.4 Å². The van der Waals surface area contributed by atoms with Crippen molar-refractivity contribution in [3.63, 3.8) is 0 Å². The number of hydrazine groups is 1. The van der Waals surface area contributed by atoms with Crippen LogP contribution in [0.15, 0.2) is 41.3 Å². The van der Waals surface area contributed by atoms with Crippen LogP contribution >= 0.6 is 23.2 Å². The second-order valence-corrected chi connectivity index (χ2v) is 5.80. The summed E-state index contributed by atoms with van der Waals surface area (Å²) < 4.78 is 38.5. The predicted molar refractivity (Wildman–Crippen MR) is 87.8 cm³/mol. The Bertz CT molecular complexity index is 893. The third-order valence-electron chi connectivity index (χ3n) is 3.13. The fourth-order valence-corrected chi connectivity index (χ4v) is 2.49. The lowest BCUT2D eigenvalue weighted by Crippen LogP contribution is -2.44. The van der Waals surface area contributed by atoms with Crippen molar-refractivity contribution in [2.75, 3.05) is 0 Å². The summed E-state index contributed by atoms with van der Waals surface area (Å²) in [4.78, 5) is 35.4. The van der Waals surface area contributed by atoms with Gasteiger partial charge in [-0.25, -0.2) is 0 Å². The molecule has 0 aliphatic carbocycles. The van der Waals surface area contributed by atoms with Gasteiger partial charge in [-0.2, -0.15) is 13.2 Å². The van der Waals surface area contributed by atoms with Crippen LogP contribution < -0.4 is 16.4 Å². The Kier molecular flexibility index (Phi) is 5.94. The predicted octanol–water partition coefficient (Wildman–Crippen LogP) is 2.64. The molecule has 0 saturated carbocycles. The summed E-state index contributed by atoms with van der Waals surface area (Å²) in [5, 5.41) is 0.0803. The molecule has 0 radical (unpaired) electrons. The first kappa shape index (κ1) is 19.8. The van der Waals surface area contributed by atoms with Crippen molar-refractivity contribution in [2.24, 2.45) is 0 Å². The second kappa shape index (κ2) is 7.79. The van der Waals surface area contributed by atoms with Crippen LogP contribution in [0, 0.1) is 0 Å². The number of amides is 2. The maximum atomic E-state index is 12.7. The molecule has 0 fully saturated rings. The number of benzene rings is 1. The van der Waals surface area contributed by atoms with E-state index >= 15 is 0 Å². The largest absolute Gasteiger partial charge is 0.417 e. The standard InChI is InChI=1S/C15H10Cl2F3N3O3/c16-9-2-1-3-10(17)13(9)14(26)22-21-11(24)7-23-6-8(15(18,19)20)4-5-12(23)25/h1-6H,7H2,(H,21,24)(H,22,26). The highest BCUT2D eigenvalue weighted by atomic mass is 35.5. The average Bonchev–Trinajstić information content (AvgIpc) is 2.53. The first-order chi connectivity index (χ1) is 12.1. The summed E-state index contributed by atoms with van der Waals surface area (Å²) in [5.74, 6) is -1.76. The Morgan fingerprint density at radius 2 is 1.65 bits per heavy atom. The van der Waals surface area contributed by atoms with Crippen molar-refractivity contribution in [2.45, 2.75) is 12.7 Å². The maximum absolute atomic E-state index is 12.7. The Morgan fingerprint density at radius 1 is 1.04 bits per heavy atom. The molecule has 0 aliphatic rings. The summed E-state index contributed by atoms with van der Waals surface area (Å²) in [6.07, 6.45) is -4.16. The summed E-state index contributed by atoms with van der Waals surface area (Å²) in [7, 11) is 0. The molecule has 0 bridgehead atoms. The summed E-state index contributed by atoms with van der Waals surface area (Å²) in [6.45, 7) is -0.737. The number of rotatable bonds is 3. The molecule has 0 spiro atoms. The maximum Gasteiger partial charge on any atom is 0.417 e. The van der Waals surface area contributed by atoms with Crippen LogP contribution in [0.5, 0.6) is 0 Å². The van der Waals surface area contributed by atoms with Gasteiger partial charge >= 0.3 is 6.18 Å². The van der Waals surface area contributed by atoms with Crippen molar-refractivity contribution >= 4 is 35.0 Å². The summed E-state index contributed by atoms with van der Waals surface area (Å²) >= 11 is 11.7. The second-order valence-electron chi connectivity index (χ2n) is 4.98. The normalized spacial score (nSPS) is 11.1. The lowest BCUT2D eigenvalue weighted by Gasteiger charge is -2.12. The third kappa shape index (κ3) is 4.77. The molecule has 1 heterocycles. The number of nitrogens with one attached hydrogen (secondary N) is 2. The quantitative estimate of drug-likeness (QED) is 0.767. The van der Waals surface area contributed by atoms with Crippen molar-refractivity contribution in [3.05, 3.63) is 68.1 Å². The lowest BCUT2D eigenvalue weighted by atomic mass is 10.2. The highest BCUT2D eigenvalue weighted by molar-refractivity contribution is 6.39. The smallest absolute Gasteiger partial charge is 0.305 e. The molecule has 26 heavy (non-hydrogen) atoms. The molecule has 11 heteroatoms. The monoisotopic (exact) mass is 407 g/mol. The van der Waals surface area contributed by atoms with Crippen LogP contribution in [0.4, 0.5) is 13.2 Å². The molecule has 0 saturated heterocycles. The molecular formula is C15H10Cl2F3N3O3. The molecule has 6 nitrogen and oxygen atoms in total. The van der Waals surface area contributed by atoms with E-state index in [1.54, 1.807) is 0 Å². The van der Waals surface area contributed by atoms with Gasteiger partial charge in [0, 0.05) is 12.3 Å². The van der Waals surface area contributed by atoms with E-state index in [9.17, 15) is 27.6 Å². The number of alkyl halides is 3. The molecule has 0 atom stereocenters. The van der Waals surface area contributed by atoms with Gasteiger partial charge in [0.15, 0.2) is 0 Å². The number of halogens is 5. The van der Waals surface area contributed by atoms with E-state index in [1.807, 2.05) is 10.9 Å². The Balaban J connectivity index is 2.06. The van der Waals surface area contributed by atoms with Gasteiger partial charge in [0.05, 0.1) is 21.2 Å². The van der Waals surface area contributed by atoms with Crippen LogP contribution in [-0.4, -0.2) is 16.4 Å². The number of nitrogens with zero attached hydrogens (tertiary/aromatic N) is 1. The lowest BCUT2D eigenvalue weighted by molar-refractivity contribution is -0.138. The molecule has 1 aromatic heterocycles. The Hall–Kier alpha value is -2.52. The zero-order chi connectivity index (χ0) is 19.5. The first-order valence-electron chi connectivity index (χ1n) is 6.90. The Morgan fingerprint density at radius 3 is 2.23 bits per heavy atom. The highest BCUT2D eigenvalue weighted by Crippen LogP contribution is 2.28. The average molecular weight is 408 g/mol. The molecule has 2 rings (SSSR count). The topological polar surface area (TPSA) is 80.2 Å². The van der Waals surface area contributed by atoms with Crippen molar-refractivity contribution in [1.82, 2.24) is 15.4 Å². The van der Waals surface area contributed by atoms with Crippen molar-refractivity contribution in [3.8, 4) is 0 Å². The zero-order valence-corrected chi connectivity index (χ0v) is 14.2.